The summed E-state index contributed by atoms with van der Waals surface area (Å²) >= 11 is 6.08. The van der Waals surface area contributed by atoms with Crippen molar-refractivity contribution in [3.63, 3.8) is 0 Å². The number of rotatable bonds is 6. The summed E-state index contributed by atoms with van der Waals surface area (Å²) in [6, 6.07) is 6.02. The van der Waals surface area contributed by atoms with E-state index in [9.17, 15) is 9.65 Å². The second kappa shape index (κ2) is 8.44. The first-order valence-electron chi connectivity index (χ1n) is 7.35. The lowest BCUT2D eigenvalue weighted by molar-refractivity contribution is -0.0182. The van der Waals surface area contributed by atoms with Gasteiger partial charge in [-0.1, -0.05) is 17.7 Å². The molecule has 1 atom stereocenters. The summed E-state index contributed by atoms with van der Waals surface area (Å²) in [5, 5.41) is 9.75. The predicted molar refractivity (Wildman–Crippen MR) is 82.2 cm³/mol. The molecule has 1 heterocycles. The van der Waals surface area contributed by atoms with Crippen molar-refractivity contribution in [1.82, 2.24) is 4.90 Å². The van der Waals surface area contributed by atoms with Crippen molar-refractivity contribution < 1.29 is 13.9 Å². The molecule has 0 saturated carbocycles. The maximum atomic E-state index is 14.0. The number of nitriles is 1. The van der Waals surface area contributed by atoms with Gasteiger partial charge in [0.25, 0.3) is 0 Å². The zero-order chi connectivity index (χ0) is 15.9. The number of nitrogens with zero attached hydrogens (tertiary/aromatic N) is 2. The Labute approximate surface area is 135 Å². The zero-order valence-corrected chi connectivity index (χ0v) is 13.4. The van der Waals surface area contributed by atoms with Crippen LogP contribution < -0.4 is 0 Å². The molecule has 22 heavy (non-hydrogen) atoms. The minimum absolute atomic E-state index is 0.168. The van der Waals surface area contributed by atoms with Crippen molar-refractivity contribution in [3.8, 4) is 6.07 Å². The fraction of sp³-hybridized carbons (Fsp3) is 0.562. The molecule has 1 saturated heterocycles. The Balaban J connectivity index is 1.98. The third-order valence-corrected chi connectivity index (χ3v) is 4.21. The van der Waals surface area contributed by atoms with Gasteiger partial charge in [0.1, 0.15) is 11.9 Å². The van der Waals surface area contributed by atoms with Gasteiger partial charge in [0.15, 0.2) is 0 Å². The first-order valence-corrected chi connectivity index (χ1v) is 7.73. The Morgan fingerprint density at radius 2 is 2.14 bits per heavy atom. The van der Waals surface area contributed by atoms with Crippen molar-refractivity contribution in [1.29, 1.82) is 5.26 Å². The molecule has 1 aliphatic rings. The normalized spacial score (nSPS) is 18.1. The summed E-state index contributed by atoms with van der Waals surface area (Å²) in [5.41, 5.74) is 0.269. The molecular formula is C16H20ClFN2O2. The molecule has 0 amide bonds. The predicted octanol–water partition coefficient (Wildman–Crippen LogP) is 3.17. The van der Waals surface area contributed by atoms with Gasteiger partial charge in [-0.25, -0.2) is 4.39 Å². The van der Waals surface area contributed by atoms with Gasteiger partial charge in [-0.05, 0) is 25.0 Å². The lowest BCUT2D eigenvalue weighted by Crippen LogP contribution is -2.39. The number of benzene rings is 1. The molecule has 0 N–H and O–H groups in total. The quantitative estimate of drug-likeness (QED) is 0.753. The number of halogens is 2. The summed E-state index contributed by atoms with van der Waals surface area (Å²) in [6.45, 7) is 2.51. The molecular weight excluding hydrogens is 307 g/mol. The maximum Gasteiger partial charge on any atom is 0.130 e. The van der Waals surface area contributed by atoms with E-state index in [1.54, 1.807) is 19.2 Å². The highest BCUT2D eigenvalue weighted by molar-refractivity contribution is 6.31. The summed E-state index contributed by atoms with van der Waals surface area (Å²) in [5.74, 6) is -0.433. The molecule has 6 heteroatoms. The van der Waals surface area contributed by atoms with Crippen LogP contribution in [0.2, 0.25) is 5.02 Å². The Kier molecular flexibility index (Phi) is 6.59. The van der Waals surface area contributed by atoms with Gasteiger partial charge < -0.3 is 9.47 Å². The molecule has 0 bridgehead atoms. The molecule has 120 valence electrons. The van der Waals surface area contributed by atoms with Gasteiger partial charge >= 0.3 is 0 Å². The molecule has 1 aromatic carbocycles. The van der Waals surface area contributed by atoms with Gasteiger partial charge in [0.05, 0.1) is 25.4 Å². The van der Waals surface area contributed by atoms with Crippen molar-refractivity contribution >= 4 is 11.6 Å². The highest BCUT2D eigenvalue weighted by Crippen LogP contribution is 2.31. The second-order valence-electron chi connectivity index (χ2n) is 5.27. The molecule has 0 spiro atoms. The van der Waals surface area contributed by atoms with E-state index < -0.39 is 11.9 Å². The number of hydrogen-bond acceptors (Lipinski definition) is 4. The second-order valence-corrected chi connectivity index (χ2v) is 5.67. The van der Waals surface area contributed by atoms with E-state index in [2.05, 4.69) is 6.07 Å². The van der Waals surface area contributed by atoms with Crippen LogP contribution in [-0.2, 0) is 9.47 Å². The lowest BCUT2D eigenvalue weighted by atomic mass is 10.0. The van der Waals surface area contributed by atoms with Gasteiger partial charge in [0.2, 0.25) is 0 Å². The van der Waals surface area contributed by atoms with Crippen LogP contribution in [0.4, 0.5) is 4.39 Å². The van der Waals surface area contributed by atoms with Crippen molar-refractivity contribution in [2.45, 2.75) is 25.0 Å². The van der Waals surface area contributed by atoms with E-state index in [0.717, 1.165) is 12.8 Å². The Hall–Kier alpha value is -1.19. The van der Waals surface area contributed by atoms with E-state index >= 15 is 0 Å². The first kappa shape index (κ1) is 17.2. The summed E-state index contributed by atoms with van der Waals surface area (Å²) < 4.78 is 24.7. The number of likely N-dealkylation sites (tertiary alicyclic amines) is 1. The van der Waals surface area contributed by atoms with E-state index in [1.165, 1.54) is 6.07 Å². The number of hydrogen-bond donors (Lipinski definition) is 0. The monoisotopic (exact) mass is 326 g/mol. The maximum absolute atomic E-state index is 14.0. The van der Waals surface area contributed by atoms with E-state index in [4.69, 9.17) is 21.1 Å². The summed E-state index contributed by atoms with van der Waals surface area (Å²) in [4.78, 5) is 1.96. The Morgan fingerprint density at radius 3 is 2.73 bits per heavy atom. The van der Waals surface area contributed by atoms with Crippen LogP contribution in [0, 0.1) is 17.1 Å². The number of piperidine rings is 1. The molecule has 0 aromatic heterocycles. The smallest absolute Gasteiger partial charge is 0.130 e. The fourth-order valence-electron chi connectivity index (χ4n) is 2.70. The van der Waals surface area contributed by atoms with Crippen LogP contribution in [0.15, 0.2) is 18.2 Å². The zero-order valence-electron chi connectivity index (χ0n) is 12.6. The molecule has 1 aliphatic heterocycles. The standard InChI is InChI=1S/C16H20ClFN2O2/c1-21-9-10-22-12-5-7-20(8-6-12)15(11-19)16-13(17)3-2-4-14(16)18/h2-4,12,15H,5-10H2,1H3/t15-/m0/s1. The van der Waals surface area contributed by atoms with Gasteiger partial charge in [-0.3, -0.25) is 4.90 Å². The molecule has 0 aliphatic carbocycles. The highest BCUT2D eigenvalue weighted by Gasteiger charge is 2.29. The minimum atomic E-state index is -0.659. The van der Waals surface area contributed by atoms with E-state index in [-0.39, 0.29) is 11.7 Å². The van der Waals surface area contributed by atoms with Crippen LogP contribution in [0.1, 0.15) is 24.4 Å². The van der Waals surface area contributed by atoms with E-state index in [0.29, 0.717) is 31.3 Å². The number of ether oxygens (including phenoxy) is 2. The summed E-state index contributed by atoms with van der Waals surface area (Å²) in [6.07, 6.45) is 1.80. The molecule has 0 unspecified atom stereocenters. The third kappa shape index (κ3) is 4.17. The fourth-order valence-corrected chi connectivity index (χ4v) is 2.97. The van der Waals surface area contributed by atoms with Gasteiger partial charge in [-0.15, -0.1) is 0 Å². The SMILES string of the molecule is COCCOC1CCN([C@@H](C#N)c2c(F)cccc2Cl)CC1. The average molecular weight is 327 g/mol. The Bertz CT molecular complexity index is 507. The van der Waals surface area contributed by atoms with Gasteiger partial charge in [-0.2, -0.15) is 5.26 Å². The van der Waals surface area contributed by atoms with Crippen LogP contribution in [0.5, 0.6) is 0 Å². The topological polar surface area (TPSA) is 45.5 Å². The largest absolute Gasteiger partial charge is 0.382 e. The van der Waals surface area contributed by atoms with E-state index in [1.807, 2.05) is 4.90 Å². The van der Waals surface area contributed by atoms with Crippen LogP contribution in [0.25, 0.3) is 0 Å². The molecule has 4 nitrogen and oxygen atoms in total. The van der Waals surface area contributed by atoms with Gasteiger partial charge in [0, 0.05) is 30.8 Å². The van der Waals surface area contributed by atoms with Crippen LogP contribution in [0.3, 0.4) is 0 Å². The Morgan fingerprint density at radius 1 is 1.41 bits per heavy atom. The van der Waals surface area contributed by atoms with Crippen LogP contribution in [-0.4, -0.2) is 44.4 Å². The molecule has 1 aromatic rings. The average Bonchev–Trinajstić information content (AvgIpc) is 2.52. The van der Waals surface area contributed by atoms with Crippen molar-refractivity contribution in [3.05, 3.63) is 34.6 Å². The molecule has 2 rings (SSSR count). The number of methoxy groups -OCH3 is 1. The highest BCUT2D eigenvalue weighted by atomic mass is 35.5. The van der Waals surface area contributed by atoms with Crippen molar-refractivity contribution in [2.24, 2.45) is 0 Å². The third-order valence-electron chi connectivity index (χ3n) is 3.88. The minimum Gasteiger partial charge on any atom is -0.382 e. The summed E-state index contributed by atoms with van der Waals surface area (Å²) in [7, 11) is 1.64. The molecule has 1 fully saturated rings. The first-order chi connectivity index (χ1) is 10.7. The lowest BCUT2D eigenvalue weighted by Gasteiger charge is -2.35. The molecule has 0 radical (unpaired) electrons. The van der Waals surface area contributed by atoms with Crippen LogP contribution >= 0.6 is 11.6 Å². The van der Waals surface area contributed by atoms with Crippen molar-refractivity contribution in [2.75, 3.05) is 33.4 Å².